The highest BCUT2D eigenvalue weighted by Gasteiger charge is 2.43. The zero-order valence-corrected chi connectivity index (χ0v) is 15.9. The molecule has 2 heterocycles. The third kappa shape index (κ3) is 3.57. The van der Waals surface area contributed by atoms with Gasteiger partial charge in [-0.05, 0) is 29.8 Å². The van der Waals surface area contributed by atoms with E-state index in [1.165, 1.54) is 4.90 Å². The van der Waals surface area contributed by atoms with Crippen LogP contribution in [0.4, 0.5) is 0 Å². The summed E-state index contributed by atoms with van der Waals surface area (Å²) in [5.41, 5.74) is 1.53. The fourth-order valence-electron chi connectivity index (χ4n) is 3.59. The van der Waals surface area contributed by atoms with Gasteiger partial charge in [-0.15, -0.1) is 0 Å². The van der Waals surface area contributed by atoms with Gasteiger partial charge in [-0.1, -0.05) is 42.5 Å². The summed E-state index contributed by atoms with van der Waals surface area (Å²) in [4.78, 5) is 41.9. The number of carbonyl (C=O) groups is 3. The minimum absolute atomic E-state index is 0.244. The fourth-order valence-corrected chi connectivity index (χ4v) is 3.59. The molecule has 1 aromatic heterocycles. The van der Waals surface area contributed by atoms with Crippen molar-refractivity contribution >= 4 is 17.7 Å². The molecule has 1 aliphatic heterocycles. The molecule has 146 valence electrons. The van der Waals surface area contributed by atoms with Gasteiger partial charge in [0, 0.05) is 13.5 Å². The van der Waals surface area contributed by atoms with Gasteiger partial charge in [-0.3, -0.25) is 19.3 Å². The van der Waals surface area contributed by atoms with Gasteiger partial charge < -0.3 is 9.32 Å². The average molecular weight is 388 g/mol. The lowest BCUT2D eigenvalue weighted by molar-refractivity contribution is -0.134. The van der Waals surface area contributed by atoms with Crippen LogP contribution in [-0.2, 0) is 17.8 Å². The van der Waals surface area contributed by atoms with Crippen molar-refractivity contribution in [2.75, 3.05) is 7.05 Å². The quantitative estimate of drug-likeness (QED) is 0.608. The highest BCUT2D eigenvalue weighted by Crippen LogP contribution is 2.27. The lowest BCUT2D eigenvalue weighted by Crippen LogP contribution is -2.51. The molecule has 0 aliphatic carbocycles. The summed E-state index contributed by atoms with van der Waals surface area (Å²) in [7, 11) is 1.64. The van der Waals surface area contributed by atoms with Crippen LogP contribution in [0.2, 0.25) is 0 Å². The molecular weight excluding hydrogens is 368 g/mol. The Kier molecular flexibility index (Phi) is 4.99. The normalized spacial score (nSPS) is 14.0. The smallest absolute Gasteiger partial charge is 0.262 e. The second-order valence-electron chi connectivity index (χ2n) is 7.01. The Balaban J connectivity index is 1.66. The Labute approximate surface area is 168 Å². The number of rotatable bonds is 6. The van der Waals surface area contributed by atoms with Crippen molar-refractivity contribution in [3.63, 3.8) is 0 Å². The SMILES string of the molecule is CN(Cc1ccco1)C(=O)[C@@H](Cc1ccccc1)N1C(=O)c2ccccc2C1=O. The lowest BCUT2D eigenvalue weighted by Gasteiger charge is -2.29. The first kappa shape index (κ1) is 18.7. The van der Waals surface area contributed by atoms with Crippen molar-refractivity contribution < 1.29 is 18.8 Å². The molecule has 0 N–H and O–H groups in total. The van der Waals surface area contributed by atoms with E-state index >= 15 is 0 Å². The maximum Gasteiger partial charge on any atom is 0.262 e. The van der Waals surface area contributed by atoms with Gasteiger partial charge in [0.05, 0.1) is 23.9 Å². The van der Waals surface area contributed by atoms with E-state index in [1.54, 1.807) is 49.7 Å². The first-order valence-corrected chi connectivity index (χ1v) is 9.34. The van der Waals surface area contributed by atoms with Crippen LogP contribution in [0.1, 0.15) is 32.0 Å². The van der Waals surface area contributed by atoms with E-state index < -0.39 is 17.9 Å². The van der Waals surface area contributed by atoms with E-state index in [4.69, 9.17) is 4.42 Å². The molecule has 0 spiro atoms. The van der Waals surface area contributed by atoms with E-state index in [0.29, 0.717) is 16.9 Å². The molecule has 0 unspecified atom stereocenters. The number of imide groups is 1. The molecular formula is C23H20N2O4. The second-order valence-corrected chi connectivity index (χ2v) is 7.01. The van der Waals surface area contributed by atoms with E-state index in [-0.39, 0.29) is 18.9 Å². The number of hydrogen-bond donors (Lipinski definition) is 0. The van der Waals surface area contributed by atoms with Crippen molar-refractivity contribution in [1.82, 2.24) is 9.80 Å². The topological polar surface area (TPSA) is 70.8 Å². The standard InChI is InChI=1S/C23H20N2O4/c1-24(15-17-10-7-13-29-17)23(28)20(14-16-8-3-2-4-9-16)25-21(26)18-11-5-6-12-19(18)22(25)27/h2-13,20H,14-15H2,1H3/t20-/m1/s1. The van der Waals surface area contributed by atoms with Crippen LogP contribution >= 0.6 is 0 Å². The van der Waals surface area contributed by atoms with Crippen molar-refractivity contribution in [3.8, 4) is 0 Å². The number of fused-ring (bicyclic) bond motifs is 1. The first-order chi connectivity index (χ1) is 14.1. The Bertz CT molecular complexity index is 1010. The molecule has 0 saturated carbocycles. The number of benzene rings is 2. The summed E-state index contributed by atoms with van der Waals surface area (Å²) >= 11 is 0. The third-order valence-electron chi connectivity index (χ3n) is 5.04. The van der Waals surface area contributed by atoms with Crippen molar-refractivity contribution in [3.05, 3.63) is 95.4 Å². The van der Waals surface area contributed by atoms with Crippen LogP contribution in [-0.4, -0.2) is 40.6 Å². The van der Waals surface area contributed by atoms with Crippen LogP contribution in [0.3, 0.4) is 0 Å². The van der Waals surface area contributed by atoms with Crippen LogP contribution < -0.4 is 0 Å². The van der Waals surface area contributed by atoms with Crippen LogP contribution in [0.5, 0.6) is 0 Å². The molecule has 0 radical (unpaired) electrons. The monoisotopic (exact) mass is 388 g/mol. The molecule has 6 heteroatoms. The number of likely N-dealkylation sites (N-methyl/N-ethyl adjacent to an activating group) is 1. The zero-order chi connectivity index (χ0) is 20.4. The van der Waals surface area contributed by atoms with Gasteiger partial charge in [0.2, 0.25) is 5.91 Å². The minimum atomic E-state index is -0.940. The maximum absolute atomic E-state index is 13.3. The summed E-state index contributed by atoms with van der Waals surface area (Å²) in [6, 6.07) is 18.6. The number of nitrogens with zero attached hydrogens (tertiary/aromatic N) is 2. The summed E-state index contributed by atoms with van der Waals surface area (Å²) < 4.78 is 5.33. The molecule has 3 amide bonds. The molecule has 0 saturated heterocycles. The number of amides is 3. The molecule has 1 aliphatic rings. The molecule has 0 fully saturated rings. The van der Waals surface area contributed by atoms with Crippen LogP contribution in [0.25, 0.3) is 0 Å². The molecule has 0 bridgehead atoms. The van der Waals surface area contributed by atoms with Gasteiger partial charge in [0.15, 0.2) is 0 Å². The molecule has 6 nitrogen and oxygen atoms in total. The van der Waals surface area contributed by atoms with E-state index in [2.05, 4.69) is 0 Å². The number of carbonyl (C=O) groups excluding carboxylic acids is 3. The highest BCUT2D eigenvalue weighted by molar-refractivity contribution is 6.22. The van der Waals surface area contributed by atoms with Crippen LogP contribution in [0.15, 0.2) is 77.4 Å². The van der Waals surface area contributed by atoms with Gasteiger partial charge >= 0.3 is 0 Å². The first-order valence-electron chi connectivity index (χ1n) is 9.34. The predicted octanol–water partition coefficient (Wildman–Crippen LogP) is 3.15. The predicted molar refractivity (Wildman–Crippen MR) is 106 cm³/mol. The summed E-state index contributed by atoms with van der Waals surface area (Å²) in [6.07, 6.45) is 1.78. The Morgan fingerprint density at radius 2 is 1.55 bits per heavy atom. The summed E-state index contributed by atoms with van der Waals surface area (Å²) in [6.45, 7) is 0.250. The molecule has 3 aromatic rings. The van der Waals surface area contributed by atoms with Gasteiger partial charge in [-0.25, -0.2) is 0 Å². The zero-order valence-electron chi connectivity index (χ0n) is 15.9. The lowest BCUT2D eigenvalue weighted by atomic mass is 10.0. The van der Waals surface area contributed by atoms with E-state index in [1.807, 2.05) is 30.3 Å². The second kappa shape index (κ2) is 7.75. The average Bonchev–Trinajstić information content (AvgIpc) is 3.34. The van der Waals surface area contributed by atoms with Gasteiger partial charge in [-0.2, -0.15) is 0 Å². The van der Waals surface area contributed by atoms with Crippen molar-refractivity contribution in [1.29, 1.82) is 0 Å². The number of furan rings is 1. The molecule has 1 atom stereocenters. The largest absolute Gasteiger partial charge is 0.467 e. The van der Waals surface area contributed by atoms with Crippen molar-refractivity contribution in [2.24, 2.45) is 0 Å². The van der Waals surface area contributed by atoms with Crippen molar-refractivity contribution in [2.45, 2.75) is 19.0 Å². The minimum Gasteiger partial charge on any atom is -0.467 e. The Morgan fingerprint density at radius 3 is 2.14 bits per heavy atom. The summed E-state index contributed by atoms with van der Waals surface area (Å²) in [5, 5.41) is 0. The van der Waals surface area contributed by atoms with Gasteiger partial charge in [0.25, 0.3) is 11.8 Å². The summed E-state index contributed by atoms with van der Waals surface area (Å²) in [5.74, 6) is -0.570. The van der Waals surface area contributed by atoms with E-state index in [9.17, 15) is 14.4 Å². The fraction of sp³-hybridized carbons (Fsp3) is 0.174. The molecule has 4 rings (SSSR count). The molecule has 29 heavy (non-hydrogen) atoms. The maximum atomic E-state index is 13.3. The Hall–Kier alpha value is -3.67. The van der Waals surface area contributed by atoms with Crippen LogP contribution in [0, 0.1) is 0 Å². The van der Waals surface area contributed by atoms with E-state index in [0.717, 1.165) is 10.5 Å². The molecule has 2 aromatic carbocycles. The number of hydrogen-bond acceptors (Lipinski definition) is 4. The Morgan fingerprint density at radius 1 is 0.931 bits per heavy atom. The third-order valence-corrected chi connectivity index (χ3v) is 5.04. The van der Waals surface area contributed by atoms with Gasteiger partial charge in [0.1, 0.15) is 11.8 Å². The highest BCUT2D eigenvalue weighted by atomic mass is 16.3.